The van der Waals surface area contributed by atoms with E-state index < -0.39 is 15.6 Å². The van der Waals surface area contributed by atoms with E-state index in [9.17, 15) is 8.42 Å². The van der Waals surface area contributed by atoms with E-state index in [1.54, 1.807) is 0 Å². The molecule has 0 bridgehead atoms. The number of hydrogen-bond acceptors (Lipinski definition) is 4. The molecule has 274 valence electrons. The fraction of sp³-hybridized carbons (Fsp3) is 0.810. The highest BCUT2D eigenvalue weighted by molar-refractivity contribution is 7.90. The fourth-order valence-electron chi connectivity index (χ4n) is 6.26. The van der Waals surface area contributed by atoms with Crippen molar-refractivity contribution in [3.8, 4) is 0 Å². The zero-order valence-corrected chi connectivity index (χ0v) is 32.1. The van der Waals surface area contributed by atoms with Crippen LogP contribution in [0, 0.1) is 0 Å². The van der Waals surface area contributed by atoms with Crippen LogP contribution in [0.15, 0.2) is 48.6 Å². The molecule has 47 heavy (non-hydrogen) atoms. The highest BCUT2D eigenvalue weighted by Crippen LogP contribution is 2.35. The van der Waals surface area contributed by atoms with Gasteiger partial charge in [0.1, 0.15) is 9.84 Å². The largest absolute Gasteiger partial charge is 0.347 e. The van der Waals surface area contributed by atoms with Crippen LogP contribution in [0.3, 0.4) is 0 Å². The van der Waals surface area contributed by atoms with Gasteiger partial charge in [-0.2, -0.15) is 0 Å². The van der Waals surface area contributed by atoms with Crippen molar-refractivity contribution in [2.45, 2.75) is 199 Å². The van der Waals surface area contributed by atoms with Crippen LogP contribution in [0.1, 0.15) is 187 Å². The van der Waals surface area contributed by atoms with Crippen molar-refractivity contribution in [3.63, 3.8) is 0 Å². The van der Waals surface area contributed by atoms with E-state index in [-0.39, 0.29) is 11.9 Å². The molecular formula is C42H76O4S. The van der Waals surface area contributed by atoms with Gasteiger partial charge in [-0.15, -0.1) is 0 Å². The highest BCUT2D eigenvalue weighted by atomic mass is 32.2. The Kier molecular flexibility index (Phi) is 28.8. The lowest BCUT2D eigenvalue weighted by Gasteiger charge is -2.28. The Hall–Kier alpha value is -1.17. The van der Waals surface area contributed by atoms with Crippen molar-refractivity contribution in [3.05, 3.63) is 48.6 Å². The van der Waals surface area contributed by atoms with E-state index in [2.05, 4.69) is 62.5 Å². The maximum Gasteiger partial charge on any atom is 0.168 e. The van der Waals surface area contributed by atoms with E-state index in [0.29, 0.717) is 13.0 Å². The molecule has 4 nitrogen and oxygen atoms in total. The molecule has 1 heterocycles. The third-order valence-corrected chi connectivity index (χ3v) is 10.2. The predicted octanol–water partition coefficient (Wildman–Crippen LogP) is 12.9. The Morgan fingerprint density at radius 3 is 1.34 bits per heavy atom. The van der Waals surface area contributed by atoms with Gasteiger partial charge in [0, 0.05) is 19.1 Å². The lowest BCUT2D eigenvalue weighted by atomic mass is 9.98. The van der Waals surface area contributed by atoms with Gasteiger partial charge in [0.25, 0.3) is 0 Å². The summed E-state index contributed by atoms with van der Waals surface area (Å²) in [6, 6.07) is 0. The van der Waals surface area contributed by atoms with E-state index >= 15 is 0 Å². The predicted molar refractivity (Wildman–Crippen MR) is 206 cm³/mol. The molecule has 1 aliphatic rings. The minimum atomic E-state index is -2.99. The molecule has 0 radical (unpaired) electrons. The van der Waals surface area contributed by atoms with Gasteiger partial charge < -0.3 is 9.47 Å². The molecule has 0 aliphatic carbocycles. The topological polar surface area (TPSA) is 52.6 Å². The van der Waals surface area contributed by atoms with Crippen LogP contribution in [-0.4, -0.2) is 38.9 Å². The van der Waals surface area contributed by atoms with Gasteiger partial charge in [-0.1, -0.05) is 140 Å². The first-order valence-electron chi connectivity index (χ1n) is 20.0. The average molecular weight is 677 g/mol. The molecule has 0 spiro atoms. The second-order valence-corrected chi connectivity index (χ2v) is 16.3. The van der Waals surface area contributed by atoms with Crippen LogP contribution >= 0.6 is 0 Å². The maximum absolute atomic E-state index is 11.7. The zero-order chi connectivity index (χ0) is 34.2. The third kappa shape index (κ3) is 28.4. The van der Waals surface area contributed by atoms with Gasteiger partial charge in [0.2, 0.25) is 0 Å². The lowest BCUT2D eigenvalue weighted by molar-refractivity contribution is -0.179. The van der Waals surface area contributed by atoms with Crippen LogP contribution in [0.4, 0.5) is 0 Å². The van der Waals surface area contributed by atoms with E-state index in [0.717, 1.165) is 38.5 Å². The van der Waals surface area contributed by atoms with Crippen molar-refractivity contribution in [2.24, 2.45) is 0 Å². The van der Waals surface area contributed by atoms with Gasteiger partial charge in [0.15, 0.2) is 5.79 Å². The summed E-state index contributed by atoms with van der Waals surface area (Å²) in [5.41, 5.74) is 0. The standard InChI is InChI=1S/C42H76O4S/c1-4-6-8-10-12-14-16-18-20-22-24-26-28-30-32-34-37-42(45-40-41(46-42)36-39-47(3,43)44)38-35-33-31-29-27-25-23-21-19-17-15-13-11-9-7-5-2/h12-15,18-21,41H,4-11,16-17,22-40H2,1-3H3. The molecule has 0 aromatic carbocycles. The number of sulfone groups is 1. The molecule has 1 saturated heterocycles. The second-order valence-electron chi connectivity index (χ2n) is 14.0. The molecule has 5 heteroatoms. The van der Waals surface area contributed by atoms with Gasteiger partial charge in [-0.05, 0) is 83.5 Å². The molecule has 0 aromatic rings. The fourth-order valence-corrected chi connectivity index (χ4v) is 6.95. The monoisotopic (exact) mass is 677 g/mol. The first-order chi connectivity index (χ1) is 22.9. The smallest absolute Gasteiger partial charge is 0.168 e. The third-order valence-electron chi connectivity index (χ3n) is 9.24. The number of rotatable bonds is 33. The van der Waals surface area contributed by atoms with Crippen LogP contribution in [0.25, 0.3) is 0 Å². The molecule has 0 N–H and O–H groups in total. The van der Waals surface area contributed by atoms with Crippen molar-refractivity contribution in [1.29, 1.82) is 0 Å². The molecule has 1 atom stereocenters. The minimum absolute atomic E-state index is 0.0982. The quantitative estimate of drug-likeness (QED) is 0.0513. The van der Waals surface area contributed by atoms with Crippen LogP contribution in [0.2, 0.25) is 0 Å². The summed E-state index contributed by atoms with van der Waals surface area (Å²) in [7, 11) is -2.99. The summed E-state index contributed by atoms with van der Waals surface area (Å²) in [6.07, 6.45) is 52.0. The first kappa shape index (κ1) is 43.9. The highest BCUT2D eigenvalue weighted by Gasteiger charge is 2.40. The Morgan fingerprint density at radius 2 is 0.936 bits per heavy atom. The summed E-state index contributed by atoms with van der Waals surface area (Å²) in [4.78, 5) is 0. The number of ether oxygens (including phenoxy) is 2. The van der Waals surface area contributed by atoms with Gasteiger partial charge >= 0.3 is 0 Å². The number of allylic oxidation sites excluding steroid dienone is 8. The summed E-state index contributed by atoms with van der Waals surface area (Å²) in [5, 5.41) is 0. The minimum Gasteiger partial charge on any atom is -0.347 e. The normalized spacial score (nSPS) is 19.1. The Morgan fingerprint density at radius 1 is 0.553 bits per heavy atom. The van der Waals surface area contributed by atoms with E-state index in [1.807, 2.05) is 0 Å². The van der Waals surface area contributed by atoms with Crippen molar-refractivity contribution < 1.29 is 17.9 Å². The van der Waals surface area contributed by atoms with Gasteiger partial charge in [0.05, 0.1) is 18.5 Å². The Balaban J connectivity index is 2.21. The summed E-state index contributed by atoms with van der Waals surface area (Å²) >= 11 is 0. The molecule has 1 rings (SSSR count). The van der Waals surface area contributed by atoms with Crippen molar-refractivity contribution >= 4 is 9.84 Å². The van der Waals surface area contributed by atoms with Crippen molar-refractivity contribution in [1.82, 2.24) is 0 Å². The van der Waals surface area contributed by atoms with E-state index in [1.165, 1.54) is 135 Å². The summed E-state index contributed by atoms with van der Waals surface area (Å²) < 4.78 is 36.2. The molecule has 1 fully saturated rings. The Bertz CT molecular complexity index is 869. The van der Waals surface area contributed by atoms with Crippen LogP contribution in [0.5, 0.6) is 0 Å². The molecule has 0 aromatic heterocycles. The van der Waals surface area contributed by atoms with Gasteiger partial charge in [-0.25, -0.2) is 8.42 Å². The molecule has 0 saturated carbocycles. The molecule has 0 amide bonds. The van der Waals surface area contributed by atoms with Crippen LogP contribution in [-0.2, 0) is 19.3 Å². The summed E-state index contributed by atoms with van der Waals surface area (Å²) in [5.74, 6) is -0.334. The molecule has 1 unspecified atom stereocenters. The molecular weight excluding hydrogens is 601 g/mol. The lowest BCUT2D eigenvalue weighted by Crippen LogP contribution is -2.31. The van der Waals surface area contributed by atoms with E-state index in [4.69, 9.17) is 9.47 Å². The Labute approximate surface area is 293 Å². The van der Waals surface area contributed by atoms with Crippen LogP contribution < -0.4 is 0 Å². The zero-order valence-electron chi connectivity index (χ0n) is 31.2. The second kappa shape index (κ2) is 30.9. The first-order valence-corrected chi connectivity index (χ1v) is 22.1. The van der Waals surface area contributed by atoms with Gasteiger partial charge in [-0.3, -0.25) is 0 Å². The summed E-state index contributed by atoms with van der Waals surface area (Å²) in [6.45, 7) is 5.04. The van der Waals surface area contributed by atoms with Crippen molar-refractivity contribution in [2.75, 3.05) is 18.6 Å². The molecule has 1 aliphatic heterocycles. The maximum atomic E-state index is 11.7. The number of unbranched alkanes of at least 4 members (excludes halogenated alkanes) is 18. The SMILES string of the molecule is CCCCCC=CCC=CCCCCCCCCC1(CCCCCCCCC=CCC=CCCCCC)OCC(CCS(C)(=O)=O)O1. The average Bonchev–Trinajstić information content (AvgIpc) is 3.46. The number of hydrogen-bond donors (Lipinski definition) is 0.